The number of carbonyl (C=O) groups excluding carboxylic acids is 3. The van der Waals surface area contributed by atoms with Gasteiger partial charge in [0.25, 0.3) is 5.91 Å². The quantitative estimate of drug-likeness (QED) is 0.184. The van der Waals surface area contributed by atoms with Crippen molar-refractivity contribution in [2.24, 2.45) is 7.05 Å². The van der Waals surface area contributed by atoms with E-state index in [9.17, 15) is 4.79 Å². The van der Waals surface area contributed by atoms with Gasteiger partial charge >= 0.3 is 6.09 Å². The van der Waals surface area contributed by atoms with Crippen molar-refractivity contribution >= 4 is 40.2 Å². The minimum Gasteiger partial charge on any atom is -0.444 e. The molecular weight excluding hydrogens is 649 g/mol. The second-order valence-corrected chi connectivity index (χ2v) is 14.6. The Balaban J connectivity index is 1.49. The van der Waals surface area contributed by atoms with Gasteiger partial charge in [-0.05, 0) is 55.7 Å². The number of para-hydroxylation sites is 3. The van der Waals surface area contributed by atoms with Crippen LogP contribution in [0.4, 0.5) is 16.2 Å². The van der Waals surface area contributed by atoms with Crippen molar-refractivity contribution in [3.05, 3.63) is 167 Å². The molecule has 3 amide bonds. The van der Waals surface area contributed by atoms with Crippen molar-refractivity contribution in [3.8, 4) is 0 Å². The molecule has 2 aliphatic heterocycles. The first-order valence-corrected chi connectivity index (χ1v) is 17.5. The van der Waals surface area contributed by atoms with Crippen molar-refractivity contribution in [2.75, 3.05) is 9.80 Å². The molecular formula is C44H40N4O4. The number of aryl methyl sites for hydroxylation is 1. The molecule has 2 atom stereocenters. The standard InChI is InChI=1S/C44H40N4O4/c1-42(2,3)52-41(51)45-44(34-23-13-16-26-38(34)48(40(44)50)28-31-19-9-6-10-20-31)43(35-29-46(4)36-24-14-11-21-32(35)36)33-22-12-15-25-37(33)47(39(43)49)27-30-17-7-5-8-18-30/h5-26,29H,27-28H2,1-4H3,(H,45,51)/t43-,44+/m1/s1. The van der Waals surface area contributed by atoms with Gasteiger partial charge in [-0.25, -0.2) is 4.79 Å². The Morgan fingerprint density at radius 2 is 1.13 bits per heavy atom. The van der Waals surface area contributed by atoms with Crippen LogP contribution in [0, 0.1) is 0 Å². The lowest BCUT2D eigenvalue weighted by Gasteiger charge is -2.45. The second-order valence-electron chi connectivity index (χ2n) is 14.6. The van der Waals surface area contributed by atoms with Gasteiger partial charge < -0.3 is 24.4 Å². The highest BCUT2D eigenvalue weighted by atomic mass is 16.6. The van der Waals surface area contributed by atoms with Crippen LogP contribution in [-0.4, -0.2) is 28.1 Å². The zero-order valence-electron chi connectivity index (χ0n) is 29.7. The van der Waals surface area contributed by atoms with E-state index < -0.39 is 28.6 Å². The summed E-state index contributed by atoms with van der Waals surface area (Å²) in [5, 5.41) is 3.97. The van der Waals surface area contributed by atoms with E-state index in [-0.39, 0.29) is 19.0 Å². The largest absolute Gasteiger partial charge is 0.444 e. The Kier molecular flexibility index (Phi) is 7.79. The highest BCUT2D eigenvalue weighted by Crippen LogP contribution is 2.61. The minimum absolute atomic E-state index is 0.226. The van der Waals surface area contributed by atoms with E-state index in [1.165, 1.54) is 0 Å². The Bertz CT molecular complexity index is 2350. The summed E-state index contributed by atoms with van der Waals surface area (Å²) in [7, 11) is 1.94. The molecule has 8 rings (SSSR count). The lowest BCUT2D eigenvalue weighted by Crippen LogP contribution is -2.68. The van der Waals surface area contributed by atoms with Crippen LogP contribution in [0.2, 0.25) is 0 Å². The molecule has 0 aliphatic carbocycles. The van der Waals surface area contributed by atoms with Crippen LogP contribution >= 0.6 is 0 Å². The number of fused-ring (bicyclic) bond motifs is 3. The molecule has 0 saturated heterocycles. The number of hydrogen-bond acceptors (Lipinski definition) is 4. The first-order chi connectivity index (χ1) is 25.1. The van der Waals surface area contributed by atoms with Gasteiger partial charge in [-0.3, -0.25) is 9.59 Å². The fraction of sp³-hybridized carbons (Fsp3) is 0.205. The van der Waals surface area contributed by atoms with Gasteiger partial charge in [0.05, 0.1) is 18.8 Å². The number of ether oxygens (including phenoxy) is 1. The maximum atomic E-state index is 16.2. The lowest BCUT2D eigenvalue weighted by atomic mass is 9.59. The Labute approximate surface area is 303 Å². The van der Waals surface area contributed by atoms with E-state index in [2.05, 4.69) is 5.32 Å². The first kappa shape index (κ1) is 33.0. The average molecular weight is 689 g/mol. The van der Waals surface area contributed by atoms with Crippen LogP contribution in [0.5, 0.6) is 0 Å². The normalized spacial score (nSPS) is 19.5. The summed E-state index contributed by atoms with van der Waals surface area (Å²) in [5.41, 5.74) is 1.08. The van der Waals surface area contributed by atoms with Crippen molar-refractivity contribution in [3.63, 3.8) is 0 Å². The predicted octanol–water partition coefficient (Wildman–Crippen LogP) is 7.98. The molecule has 52 heavy (non-hydrogen) atoms. The summed E-state index contributed by atoms with van der Waals surface area (Å²) in [6.45, 7) is 5.83. The molecule has 0 bridgehead atoms. The molecule has 0 radical (unpaired) electrons. The summed E-state index contributed by atoms with van der Waals surface area (Å²) in [4.78, 5) is 50.0. The second kappa shape index (κ2) is 12.3. The molecule has 0 unspecified atom stereocenters. The zero-order chi connectivity index (χ0) is 36.3. The van der Waals surface area contributed by atoms with Crippen LogP contribution in [0.25, 0.3) is 10.9 Å². The average Bonchev–Trinajstić information content (AvgIpc) is 3.69. The molecule has 0 fully saturated rings. The molecule has 0 spiro atoms. The van der Waals surface area contributed by atoms with E-state index in [0.29, 0.717) is 28.1 Å². The summed E-state index contributed by atoms with van der Waals surface area (Å²) in [5.74, 6) is -0.754. The molecule has 5 aromatic carbocycles. The van der Waals surface area contributed by atoms with Gasteiger partial charge in [-0.1, -0.05) is 115 Å². The number of nitrogens with one attached hydrogen (secondary N) is 1. The van der Waals surface area contributed by atoms with Crippen LogP contribution in [-0.2, 0) is 45.4 Å². The summed E-state index contributed by atoms with van der Waals surface area (Å²) >= 11 is 0. The van der Waals surface area contributed by atoms with Crippen molar-refractivity contribution in [1.82, 2.24) is 9.88 Å². The predicted molar refractivity (Wildman–Crippen MR) is 203 cm³/mol. The van der Waals surface area contributed by atoms with E-state index in [0.717, 1.165) is 22.0 Å². The van der Waals surface area contributed by atoms with Crippen LogP contribution < -0.4 is 15.1 Å². The number of alkyl carbamates (subject to hydrolysis) is 1. The van der Waals surface area contributed by atoms with Crippen molar-refractivity contribution < 1.29 is 19.1 Å². The van der Waals surface area contributed by atoms with Crippen LogP contribution in [0.3, 0.4) is 0 Å². The van der Waals surface area contributed by atoms with E-state index in [1.54, 1.807) is 30.6 Å². The number of nitrogens with zero attached hydrogens (tertiary/aromatic N) is 3. The molecule has 260 valence electrons. The summed E-state index contributed by atoms with van der Waals surface area (Å²) < 4.78 is 7.95. The SMILES string of the molecule is Cn1cc([C@@]2([C@@]3(NC(=O)OC(C)(C)C)C(=O)N(Cc4ccccc4)c4ccccc43)C(=O)N(Cc3ccccc3)c3ccccc32)c2ccccc21. The summed E-state index contributed by atoms with van der Waals surface area (Å²) in [6, 6.07) is 42.6. The van der Waals surface area contributed by atoms with E-state index >= 15 is 9.59 Å². The van der Waals surface area contributed by atoms with Gasteiger partial charge in [0, 0.05) is 41.0 Å². The van der Waals surface area contributed by atoms with Crippen LogP contribution in [0.15, 0.2) is 140 Å². The van der Waals surface area contributed by atoms with Gasteiger partial charge in [-0.15, -0.1) is 0 Å². The monoisotopic (exact) mass is 688 g/mol. The van der Waals surface area contributed by atoms with E-state index in [4.69, 9.17) is 4.74 Å². The number of aromatic nitrogens is 1. The molecule has 2 aliphatic rings. The Morgan fingerprint density at radius 3 is 1.75 bits per heavy atom. The fourth-order valence-electron chi connectivity index (χ4n) is 8.25. The zero-order valence-corrected chi connectivity index (χ0v) is 29.7. The number of anilines is 2. The fourth-order valence-corrected chi connectivity index (χ4v) is 8.25. The third kappa shape index (κ3) is 4.93. The highest BCUT2D eigenvalue weighted by Gasteiger charge is 2.73. The van der Waals surface area contributed by atoms with Gasteiger partial charge in [0.1, 0.15) is 11.0 Å². The smallest absolute Gasteiger partial charge is 0.408 e. The third-order valence-corrected chi connectivity index (χ3v) is 10.2. The molecule has 8 nitrogen and oxygen atoms in total. The maximum absolute atomic E-state index is 16.2. The number of carbonyl (C=O) groups is 3. The number of hydrogen-bond donors (Lipinski definition) is 1. The molecule has 0 saturated carbocycles. The molecule has 1 N–H and O–H groups in total. The Hall–Kier alpha value is -6.15. The molecule has 8 heteroatoms. The molecule has 3 heterocycles. The first-order valence-electron chi connectivity index (χ1n) is 17.5. The van der Waals surface area contributed by atoms with Crippen LogP contribution in [0.1, 0.15) is 48.6 Å². The number of rotatable bonds is 7. The van der Waals surface area contributed by atoms with Gasteiger partial charge in [0.2, 0.25) is 5.91 Å². The molecule has 6 aromatic rings. The molecule has 1 aromatic heterocycles. The third-order valence-electron chi connectivity index (χ3n) is 10.2. The van der Waals surface area contributed by atoms with Gasteiger partial charge in [0.15, 0.2) is 5.54 Å². The highest BCUT2D eigenvalue weighted by molar-refractivity contribution is 6.22. The summed E-state index contributed by atoms with van der Waals surface area (Å²) in [6.07, 6.45) is 1.14. The Morgan fingerprint density at radius 1 is 0.635 bits per heavy atom. The number of amides is 3. The minimum atomic E-state index is -1.98. The van der Waals surface area contributed by atoms with E-state index in [1.807, 2.05) is 151 Å². The topological polar surface area (TPSA) is 83.9 Å². The maximum Gasteiger partial charge on any atom is 0.408 e. The van der Waals surface area contributed by atoms with Gasteiger partial charge in [-0.2, -0.15) is 0 Å². The number of benzene rings is 5. The lowest BCUT2D eigenvalue weighted by molar-refractivity contribution is -0.134. The van der Waals surface area contributed by atoms with Crippen molar-refractivity contribution in [2.45, 2.75) is 50.4 Å². The van der Waals surface area contributed by atoms with Crippen molar-refractivity contribution in [1.29, 1.82) is 0 Å².